The molecule has 0 radical (unpaired) electrons. The van der Waals surface area contributed by atoms with Crippen molar-refractivity contribution in [2.45, 2.75) is 30.3 Å². The Morgan fingerprint density at radius 1 is 1.35 bits per heavy atom. The van der Waals surface area contributed by atoms with Crippen LogP contribution in [0.4, 0.5) is 0 Å². The van der Waals surface area contributed by atoms with Gasteiger partial charge >= 0.3 is 0 Å². The predicted octanol–water partition coefficient (Wildman–Crippen LogP) is 3.00. The van der Waals surface area contributed by atoms with Crippen molar-refractivity contribution in [2.75, 3.05) is 12.8 Å². The summed E-state index contributed by atoms with van der Waals surface area (Å²) in [4.78, 5) is 8.61. The van der Waals surface area contributed by atoms with E-state index in [9.17, 15) is 0 Å². The van der Waals surface area contributed by atoms with Gasteiger partial charge in [-0.3, -0.25) is 0 Å². The van der Waals surface area contributed by atoms with Crippen LogP contribution in [0, 0.1) is 11.3 Å². The number of nitrogens with zero attached hydrogens (tertiary/aromatic N) is 3. The van der Waals surface area contributed by atoms with Crippen LogP contribution in [-0.4, -0.2) is 28.3 Å². The molecule has 0 aliphatic heterocycles. The highest BCUT2D eigenvalue weighted by molar-refractivity contribution is 7.99. The average molecular weight is 286 g/mol. The van der Waals surface area contributed by atoms with Crippen LogP contribution in [0.1, 0.15) is 19.8 Å². The molecule has 1 unspecified atom stereocenters. The van der Waals surface area contributed by atoms with Crippen LogP contribution in [-0.2, 0) is 0 Å². The third kappa shape index (κ3) is 3.47. The normalized spacial score (nSPS) is 13.8. The first-order valence-corrected chi connectivity index (χ1v) is 7.60. The molecule has 0 saturated heterocycles. The van der Waals surface area contributed by atoms with E-state index in [0.29, 0.717) is 0 Å². The number of hydrogen-bond acceptors (Lipinski definition) is 5. The van der Waals surface area contributed by atoms with Crippen molar-refractivity contribution in [3.8, 4) is 6.07 Å². The molecule has 20 heavy (non-hydrogen) atoms. The molecule has 1 N–H and O–H groups in total. The molecular weight excluding hydrogens is 268 g/mol. The highest BCUT2D eigenvalue weighted by atomic mass is 32.2. The number of para-hydroxylation sites is 1. The molecule has 0 aliphatic rings. The van der Waals surface area contributed by atoms with Gasteiger partial charge in [-0.1, -0.05) is 18.2 Å². The molecule has 4 nitrogen and oxygen atoms in total. The maximum atomic E-state index is 9.10. The number of aromatic nitrogens is 2. The minimum Gasteiger partial charge on any atom is -0.303 e. The van der Waals surface area contributed by atoms with Gasteiger partial charge in [-0.25, -0.2) is 9.97 Å². The SMILES string of the molecule is CNC(C)(C#N)CCCSc1ncnc2ccccc12. The molecule has 1 aromatic heterocycles. The van der Waals surface area contributed by atoms with E-state index in [2.05, 4.69) is 21.4 Å². The summed E-state index contributed by atoms with van der Waals surface area (Å²) in [6.45, 7) is 1.93. The molecule has 0 bridgehead atoms. The molecule has 0 aliphatic carbocycles. The van der Waals surface area contributed by atoms with E-state index >= 15 is 0 Å². The summed E-state index contributed by atoms with van der Waals surface area (Å²) in [6, 6.07) is 10.3. The minimum atomic E-state index is -0.436. The molecule has 0 saturated carbocycles. The number of nitriles is 1. The van der Waals surface area contributed by atoms with Gasteiger partial charge in [-0.2, -0.15) is 5.26 Å². The predicted molar refractivity (Wildman–Crippen MR) is 82.6 cm³/mol. The monoisotopic (exact) mass is 286 g/mol. The fourth-order valence-corrected chi connectivity index (χ4v) is 2.86. The summed E-state index contributed by atoms with van der Waals surface area (Å²) in [5.41, 5.74) is 0.538. The zero-order valence-corrected chi connectivity index (χ0v) is 12.6. The van der Waals surface area contributed by atoms with E-state index in [0.717, 1.165) is 34.5 Å². The van der Waals surface area contributed by atoms with E-state index in [1.54, 1.807) is 18.1 Å². The molecule has 1 aromatic carbocycles. The smallest absolute Gasteiger partial charge is 0.117 e. The number of nitrogens with one attached hydrogen (secondary N) is 1. The lowest BCUT2D eigenvalue weighted by molar-refractivity contribution is 0.451. The number of rotatable bonds is 6. The van der Waals surface area contributed by atoms with Crippen LogP contribution in [0.5, 0.6) is 0 Å². The first-order valence-electron chi connectivity index (χ1n) is 6.61. The largest absolute Gasteiger partial charge is 0.303 e. The number of fused-ring (bicyclic) bond motifs is 1. The number of thioether (sulfide) groups is 1. The van der Waals surface area contributed by atoms with Crippen LogP contribution >= 0.6 is 11.8 Å². The third-order valence-electron chi connectivity index (χ3n) is 3.36. The summed E-state index contributed by atoms with van der Waals surface area (Å²) in [6.07, 6.45) is 3.40. The van der Waals surface area contributed by atoms with Crippen molar-refractivity contribution in [3.05, 3.63) is 30.6 Å². The van der Waals surface area contributed by atoms with Gasteiger partial charge in [0, 0.05) is 5.39 Å². The lowest BCUT2D eigenvalue weighted by Crippen LogP contribution is -2.37. The van der Waals surface area contributed by atoms with Crippen molar-refractivity contribution in [1.29, 1.82) is 5.26 Å². The minimum absolute atomic E-state index is 0.436. The lowest BCUT2D eigenvalue weighted by Gasteiger charge is -2.20. The Morgan fingerprint density at radius 3 is 2.90 bits per heavy atom. The van der Waals surface area contributed by atoms with E-state index < -0.39 is 5.54 Å². The van der Waals surface area contributed by atoms with Crippen molar-refractivity contribution in [3.63, 3.8) is 0 Å². The highest BCUT2D eigenvalue weighted by Crippen LogP contribution is 2.25. The Kier molecular flexibility index (Phi) is 4.94. The van der Waals surface area contributed by atoms with Crippen LogP contribution < -0.4 is 5.32 Å². The Labute approximate surface area is 123 Å². The molecule has 5 heteroatoms. The van der Waals surface area contributed by atoms with Crippen molar-refractivity contribution < 1.29 is 0 Å². The van der Waals surface area contributed by atoms with Crippen molar-refractivity contribution in [2.24, 2.45) is 0 Å². The lowest BCUT2D eigenvalue weighted by atomic mass is 9.99. The molecule has 0 amide bonds. The van der Waals surface area contributed by atoms with Crippen LogP contribution in [0.3, 0.4) is 0 Å². The molecule has 2 rings (SSSR count). The zero-order valence-electron chi connectivity index (χ0n) is 11.8. The molecule has 1 atom stereocenters. The van der Waals surface area contributed by atoms with Crippen molar-refractivity contribution in [1.82, 2.24) is 15.3 Å². The highest BCUT2D eigenvalue weighted by Gasteiger charge is 2.20. The Bertz CT molecular complexity index is 617. The molecule has 1 heterocycles. The maximum Gasteiger partial charge on any atom is 0.117 e. The number of benzene rings is 1. The first kappa shape index (κ1) is 14.8. The molecule has 2 aromatic rings. The quantitative estimate of drug-likeness (QED) is 0.502. The fraction of sp³-hybridized carbons (Fsp3) is 0.400. The van der Waals surface area contributed by atoms with Crippen LogP contribution in [0.25, 0.3) is 10.9 Å². The Balaban J connectivity index is 1.96. The van der Waals surface area contributed by atoms with E-state index in [1.165, 1.54) is 0 Å². The first-order chi connectivity index (χ1) is 9.68. The van der Waals surface area contributed by atoms with Crippen LogP contribution in [0.15, 0.2) is 35.6 Å². The summed E-state index contributed by atoms with van der Waals surface area (Å²) in [5, 5.41) is 14.3. The second-order valence-electron chi connectivity index (χ2n) is 4.84. The molecular formula is C15H18N4S. The molecule has 0 spiro atoms. The summed E-state index contributed by atoms with van der Waals surface area (Å²) in [7, 11) is 1.83. The van der Waals surface area contributed by atoms with E-state index in [4.69, 9.17) is 5.26 Å². The standard InChI is InChI=1S/C15H18N4S/c1-15(10-16,17-2)8-5-9-20-14-12-6-3-4-7-13(12)18-11-19-14/h3-4,6-7,11,17H,5,8-9H2,1-2H3. The fourth-order valence-electron chi connectivity index (χ4n) is 1.93. The molecule has 104 valence electrons. The van der Waals surface area contributed by atoms with Gasteiger partial charge in [0.25, 0.3) is 0 Å². The van der Waals surface area contributed by atoms with Gasteiger partial charge in [0.05, 0.1) is 11.6 Å². The van der Waals surface area contributed by atoms with Gasteiger partial charge < -0.3 is 5.32 Å². The van der Waals surface area contributed by atoms with Crippen LogP contribution in [0.2, 0.25) is 0 Å². The van der Waals surface area contributed by atoms with Gasteiger partial charge in [0.15, 0.2) is 0 Å². The average Bonchev–Trinajstić information content (AvgIpc) is 2.51. The molecule has 0 fully saturated rings. The topological polar surface area (TPSA) is 61.6 Å². The summed E-state index contributed by atoms with van der Waals surface area (Å²) < 4.78 is 0. The van der Waals surface area contributed by atoms with Gasteiger partial charge in [-0.05, 0) is 38.6 Å². The summed E-state index contributed by atoms with van der Waals surface area (Å²) in [5.74, 6) is 0.944. The second-order valence-corrected chi connectivity index (χ2v) is 5.93. The van der Waals surface area contributed by atoms with Gasteiger partial charge in [-0.15, -0.1) is 11.8 Å². The second kappa shape index (κ2) is 6.69. The van der Waals surface area contributed by atoms with Gasteiger partial charge in [0.2, 0.25) is 0 Å². The van der Waals surface area contributed by atoms with E-state index in [-0.39, 0.29) is 0 Å². The van der Waals surface area contributed by atoms with E-state index in [1.807, 2.05) is 38.2 Å². The zero-order chi connectivity index (χ0) is 14.4. The van der Waals surface area contributed by atoms with Gasteiger partial charge in [0.1, 0.15) is 16.9 Å². The third-order valence-corrected chi connectivity index (χ3v) is 4.46. The Morgan fingerprint density at radius 2 is 2.15 bits per heavy atom. The summed E-state index contributed by atoms with van der Waals surface area (Å²) >= 11 is 1.72. The Hall–Kier alpha value is -1.64. The number of hydrogen-bond donors (Lipinski definition) is 1. The van der Waals surface area contributed by atoms with Crippen molar-refractivity contribution >= 4 is 22.7 Å². The maximum absolute atomic E-state index is 9.10.